The normalized spacial score (nSPS) is 15.2. The van der Waals surface area contributed by atoms with Crippen LogP contribution in [0.5, 0.6) is 5.75 Å². The number of aliphatic hydroxyl groups is 1. The van der Waals surface area contributed by atoms with E-state index in [1.807, 2.05) is 0 Å². The molecular weight excluding hydrogens is 296 g/mol. The van der Waals surface area contributed by atoms with E-state index < -0.39 is 11.8 Å². The van der Waals surface area contributed by atoms with Gasteiger partial charge in [-0.2, -0.15) is 0 Å². The summed E-state index contributed by atoms with van der Waals surface area (Å²) in [6.07, 6.45) is 1.71. The zero-order valence-electron chi connectivity index (χ0n) is 11.6. The van der Waals surface area contributed by atoms with Crippen LogP contribution in [0.2, 0.25) is 5.02 Å². The van der Waals surface area contributed by atoms with E-state index in [2.05, 4.69) is 10.6 Å². The molecule has 6 nitrogen and oxygen atoms in total. The number of carbonyl (C=O) groups is 2. The van der Waals surface area contributed by atoms with Gasteiger partial charge >= 0.3 is 11.8 Å². The second kappa shape index (κ2) is 6.32. The summed E-state index contributed by atoms with van der Waals surface area (Å²) in [5, 5.41) is 14.6. The Morgan fingerprint density at radius 2 is 2.10 bits per heavy atom. The highest BCUT2D eigenvalue weighted by atomic mass is 35.5. The Kier molecular flexibility index (Phi) is 4.69. The van der Waals surface area contributed by atoms with Crippen molar-refractivity contribution in [3.05, 3.63) is 23.2 Å². The van der Waals surface area contributed by atoms with E-state index in [4.69, 9.17) is 21.4 Å². The van der Waals surface area contributed by atoms with E-state index >= 15 is 0 Å². The van der Waals surface area contributed by atoms with Crippen molar-refractivity contribution < 1.29 is 19.4 Å². The first-order valence-corrected chi connectivity index (χ1v) is 6.91. The number of rotatable bonds is 5. The number of benzene rings is 1. The molecule has 0 bridgehead atoms. The van der Waals surface area contributed by atoms with Crippen molar-refractivity contribution in [2.75, 3.05) is 25.6 Å². The Morgan fingerprint density at radius 1 is 1.38 bits per heavy atom. The van der Waals surface area contributed by atoms with Gasteiger partial charge in [-0.1, -0.05) is 11.6 Å². The van der Waals surface area contributed by atoms with E-state index in [1.165, 1.54) is 13.2 Å². The first-order chi connectivity index (χ1) is 9.99. The Labute approximate surface area is 127 Å². The number of halogens is 1. The fourth-order valence-corrected chi connectivity index (χ4v) is 2.04. The van der Waals surface area contributed by atoms with Gasteiger partial charge in [0.05, 0.1) is 19.4 Å². The molecule has 1 fully saturated rings. The number of aliphatic hydroxyl groups excluding tert-OH is 1. The Hall–Kier alpha value is -1.79. The lowest BCUT2D eigenvalue weighted by molar-refractivity contribution is -0.136. The van der Waals surface area contributed by atoms with Gasteiger partial charge in [0.15, 0.2) is 0 Å². The van der Waals surface area contributed by atoms with Crippen LogP contribution in [0.15, 0.2) is 18.2 Å². The second-order valence-corrected chi connectivity index (χ2v) is 5.58. The molecule has 1 saturated carbocycles. The van der Waals surface area contributed by atoms with Gasteiger partial charge in [0.2, 0.25) is 0 Å². The molecule has 3 N–H and O–H groups in total. The molecule has 7 heteroatoms. The molecule has 114 valence electrons. The van der Waals surface area contributed by atoms with E-state index in [0.717, 1.165) is 12.8 Å². The third-order valence-corrected chi connectivity index (χ3v) is 3.77. The number of nitrogens with one attached hydrogen (secondary N) is 2. The topological polar surface area (TPSA) is 87.7 Å². The maximum Gasteiger partial charge on any atom is 0.313 e. The van der Waals surface area contributed by atoms with Gasteiger partial charge in [-0.3, -0.25) is 9.59 Å². The Balaban J connectivity index is 1.94. The average Bonchev–Trinajstić information content (AvgIpc) is 3.25. The maximum absolute atomic E-state index is 11.8. The van der Waals surface area contributed by atoms with Crippen LogP contribution in [0, 0.1) is 5.41 Å². The number of carbonyl (C=O) groups excluding carboxylic acids is 2. The van der Waals surface area contributed by atoms with E-state index in [1.54, 1.807) is 12.1 Å². The van der Waals surface area contributed by atoms with E-state index in [0.29, 0.717) is 23.0 Å². The summed E-state index contributed by atoms with van der Waals surface area (Å²) in [6.45, 7) is 0.305. The van der Waals surface area contributed by atoms with E-state index in [-0.39, 0.29) is 12.0 Å². The highest BCUT2D eigenvalue weighted by molar-refractivity contribution is 6.40. The second-order valence-electron chi connectivity index (χ2n) is 5.14. The average molecular weight is 313 g/mol. The summed E-state index contributed by atoms with van der Waals surface area (Å²) in [5.41, 5.74) is 0.0809. The van der Waals surface area contributed by atoms with Crippen molar-refractivity contribution in [3.63, 3.8) is 0 Å². The summed E-state index contributed by atoms with van der Waals surface area (Å²) in [4.78, 5) is 23.6. The lowest BCUT2D eigenvalue weighted by atomic mass is 10.1. The molecule has 1 aromatic carbocycles. The molecule has 21 heavy (non-hydrogen) atoms. The predicted molar refractivity (Wildman–Crippen MR) is 78.4 cm³/mol. The Bertz CT molecular complexity index is 558. The van der Waals surface area contributed by atoms with Crippen LogP contribution >= 0.6 is 11.6 Å². The first kappa shape index (κ1) is 15.6. The largest absolute Gasteiger partial charge is 0.495 e. The van der Waals surface area contributed by atoms with Crippen LogP contribution in [-0.2, 0) is 9.59 Å². The van der Waals surface area contributed by atoms with Gasteiger partial charge in [0.1, 0.15) is 5.75 Å². The number of methoxy groups -OCH3 is 1. The van der Waals surface area contributed by atoms with Crippen molar-refractivity contribution >= 4 is 29.1 Å². The molecule has 0 atom stereocenters. The molecule has 0 saturated heterocycles. The van der Waals surface area contributed by atoms with Crippen molar-refractivity contribution in [3.8, 4) is 5.75 Å². The van der Waals surface area contributed by atoms with Crippen molar-refractivity contribution in [1.82, 2.24) is 5.32 Å². The molecule has 2 rings (SSSR count). The summed E-state index contributed by atoms with van der Waals surface area (Å²) in [5.74, 6) is -1.14. The van der Waals surface area contributed by atoms with E-state index in [9.17, 15) is 9.59 Å². The molecule has 1 aromatic rings. The molecule has 1 aliphatic rings. The van der Waals surface area contributed by atoms with Crippen LogP contribution in [0.25, 0.3) is 0 Å². The molecule has 0 aliphatic heterocycles. The lowest BCUT2D eigenvalue weighted by Gasteiger charge is -2.13. The number of amides is 2. The zero-order chi connectivity index (χ0) is 15.5. The number of hydrogen-bond acceptors (Lipinski definition) is 4. The Morgan fingerprint density at radius 3 is 2.67 bits per heavy atom. The number of anilines is 1. The molecule has 0 aromatic heterocycles. The third kappa shape index (κ3) is 3.86. The summed E-state index contributed by atoms with van der Waals surface area (Å²) >= 11 is 5.85. The van der Waals surface area contributed by atoms with Crippen molar-refractivity contribution in [2.24, 2.45) is 5.41 Å². The summed E-state index contributed by atoms with van der Waals surface area (Å²) < 4.78 is 5.08. The minimum absolute atomic E-state index is 0.0109. The van der Waals surface area contributed by atoms with Crippen LogP contribution in [0.4, 0.5) is 5.69 Å². The van der Waals surface area contributed by atoms with Crippen molar-refractivity contribution in [1.29, 1.82) is 0 Å². The molecule has 0 radical (unpaired) electrons. The van der Waals surface area contributed by atoms with Crippen LogP contribution in [0.3, 0.4) is 0 Å². The van der Waals surface area contributed by atoms with Gasteiger partial charge in [0.25, 0.3) is 0 Å². The van der Waals surface area contributed by atoms with Crippen LogP contribution in [-0.4, -0.2) is 37.2 Å². The minimum atomic E-state index is -0.802. The predicted octanol–water partition coefficient (Wildman–Crippen LogP) is 1.18. The number of hydrogen-bond donors (Lipinski definition) is 3. The SMILES string of the molecule is COc1ccc(Cl)cc1NC(=O)C(=O)NCC1(CO)CC1. The quantitative estimate of drug-likeness (QED) is 0.712. The molecule has 0 heterocycles. The van der Waals surface area contributed by atoms with Gasteiger partial charge in [-0.05, 0) is 31.0 Å². The molecule has 0 unspecified atom stereocenters. The van der Waals surface area contributed by atoms with Gasteiger partial charge in [0, 0.05) is 17.0 Å². The minimum Gasteiger partial charge on any atom is -0.495 e. The van der Waals surface area contributed by atoms with Crippen LogP contribution < -0.4 is 15.4 Å². The third-order valence-electron chi connectivity index (χ3n) is 3.53. The fourth-order valence-electron chi connectivity index (χ4n) is 1.87. The smallest absolute Gasteiger partial charge is 0.313 e. The zero-order valence-corrected chi connectivity index (χ0v) is 12.4. The highest BCUT2D eigenvalue weighted by Gasteiger charge is 2.42. The summed E-state index contributed by atoms with van der Waals surface area (Å²) in [7, 11) is 1.46. The summed E-state index contributed by atoms with van der Waals surface area (Å²) in [6, 6.07) is 4.72. The highest BCUT2D eigenvalue weighted by Crippen LogP contribution is 2.44. The van der Waals surface area contributed by atoms with Crippen molar-refractivity contribution in [2.45, 2.75) is 12.8 Å². The maximum atomic E-state index is 11.8. The fraction of sp³-hybridized carbons (Fsp3) is 0.429. The molecule has 2 amide bonds. The monoisotopic (exact) mass is 312 g/mol. The first-order valence-electron chi connectivity index (χ1n) is 6.53. The lowest BCUT2D eigenvalue weighted by Crippen LogP contribution is -2.39. The standard InChI is InChI=1S/C14H17ClN2O4/c1-21-11-3-2-9(15)6-10(11)17-13(20)12(19)16-7-14(8-18)4-5-14/h2-3,6,18H,4-5,7-8H2,1H3,(H,16,19)(H,17,20). The number of ether oxygens (including phenoxy) is 1. The molecule has 0 spiro atoms. The van der Waals surface area contributed by atoms with Crippen LogP contribution in [0.1, 0.15) is 12.8 Å². The molecule has 1 aliphatic carbocycles. The van der Waals surface area contributed by atoms with Gasteiger partial charge in [-0.15, -0.1) is 0 Å². The van der Waals surface area contributed by atoms with Gasteiger partial charge in [-0.25, -0.2) is 0 Å². The van der Waals surface area contributed by atoms with Gasteiger partial charge < -0.3 is 20.5 Å². The molecular formula is C14H17ClN2O4.